The van der Waals surface area contributed by atoms with Gasteiger partial charge in [0.15, 0.2) is 0 Å². The number of aliphatic carboxylic acids is 1. The predicted molar refractivity (Wildman–Crippen MR) is 81.9 cm³/mol. The fraction of sp³-hybridized carbons (Fsp3) is 0.438. The molecule has 3 rings (SSSR count). The van der Waals surface area contributed by atoms with E-state index in [0.717, 1.165) is 18.7 Å². The van der Waals surface area contributed by atoms with E-state index >= 15 is 0 Å². The molecule has 0 spiro atoms. The molecule has 0 radical (unpaired) electrons. The monoisotopic (exact) mass is 427 g/mol. The second-order valence-electron chi connectivity index (χ2n) is 5.69. The summed E-state index contributed by atoms with van der Waals surface area (Å²) >= 11 is -0.451. The van der Waals surface area contributed by atoms with Crippen molar-refractivity contribution in [3.8, 4) is 5.82 Å². The molecule has 1 saturated heterocycles. The van der Waals surface area contributed by atoms with Crippen LogP contribution in [0.3, 0.4) is 0 Å². The summed E-state index contributed by atoms with van der Waals surface area (Å²) < 4.78 is 1.26. The number of aromatic nitrogens is 3. The van der Waals surface area contributed by atoms with Gasteiger partial charge in [0.05, 0.1) is 0 Å². The molecule has 0 saturated carbocycles. The predicted octanol–water partition coefficient (Wildman–Crippen LogP) is -1.61. The van der Waals surface area contributed by atoms with Crippen molar-refractivity contribution >= 4 is 5.97 Å². The molecule has 0 aliphatic carbocycles. The number of alkyl halides is 2. The third kappa shape index (κ3) is 2.99. The first-order valence-electron chi connectivity index (χ1n) is 7.65. The molecule has 2 aromatic rings. The Bertz CT molecular complexity index is 686. The molecule has 3 N–H and O–H groups in total. The zero-order chi connectivity index (χ0) is 16.4. The second-order valence-corrected chi connectivity index (χ2v) is 9.52. The summed E-state index contributed by atoms with van der Waals surface area (Å²) in [4.78, 5) is 20.6. The van der Waals surface area contributed by atoms with E-state index in [2.05, 4.69) is 16.9 Å². The molecule has 1 aliphatic rings. The number of rotatable bonds is 7. The van der Waals surface area contributed by atoms with Gasteiger partial charge in [-0.3, -0.25) is 0 Å². The fourth-order valence-electron chi connectivity index (χ4n) is 2.75. The normalized spacial score (nSPS) is 24.7. The Kier molecular flexibility index (Phi) is 4.67. The summed E-state index contributed by atoms with van der Waals surface area (Å²) in [5, 5.41) is 9.80. The van der Waals surface area contributed by atoms with Crippen molar-refractivity contribution in [2.45, 2.75) is 27.1 Å². The summed E-state index contributed by atoms with van der Waals surface area (Å²) in [6.45, 7) is 2.73. The number of carboxylic acids is 1. The van der Waals surface area contributed by atoms with Crippen molar-refractivity contribution in [1.82, 2.24) is 14.5 Å². The van der Waals surface area contributed by atoms with Crippen molar-refractivity contribution in [1.29, 1.82) is 0 Å². The number of carboxylic acid groups (broad SMARTS) is 1. The number of hydrogen-bond donors (Lipinski definition) is 2. The number of carbonyl (C=O) groups is 1. The van der Waals surface area contributed by atoms with Crippen LogP contribution in [-0.2, 0) is 8.22 Å². The van der Waals surface area contributed by atoms with E-state index in [1.54, 1.807) is 17.1 Å². The summed E-state index contributed by atoms with van der Waals surface area (Å²) in [6, 6.07) is 5.62. The Labute approximate surface area is 145 Å². The molecule has 124 valence electrons. The number of pyridine rings is 1. The van der Waals surface area contributed by atoms with E-state index < -0.39 is 30.6 Å². The standard InChI is InChI=1S/C16H20IN4O2/c1-2-11(8-18)7-12-16(17-12,15(22)23)13-9-21(10-20-13)14-5-3-4-6-19-14/h3-6,9-12H,2,7-8,18H2,1H3,(H,22,23)/q-1/t11-,12-,16+/m1/s1. The number of nitrogens with zero attached hydrogens (tertiary/aromatic N) is 3. The maximum atomic E-state index is 11.9. The van der Waals surface area contributed by atoms with Crippen molar-refractivity contribution < 1.29 is 31.1 Å². The average Bonchev–Trinajstić information content (AvgIpc) is 3.09. The van der Waals surface area contributed by atoms with E-state index in [9.17, 15) is 9.90 Å². The Hall–Kier alpha value is -1.48. The molecule has 0 unspecified atom stereocenters. The van der Waals surface area contributed by atoms with Crippen molar-refractivity contribution in [2.75, 3.05) is 6.54 Å². The third-order valence-electron chi connectivity index (χ3n) is 4.32. The van der Waals surface area contributed by atoms with E-state index in [0.29, 0.717) is 18.2 Å². The van der Waals surface area contributed by atoms with Crippen molar-refractivity contribution in [2.24, 2.45) is 11.7 Å². The van der Waals surface area contributed by atoms with Gasteiger partial charge in [0.1, 0.15) is 0 Å². The van der Waals surface area contributed by atoms with E-state index in [-0.39, 0.29) is 3.92 Å². The molecule has 1 aliphatic heterocycles. The van der Waals surface area contributed by atoms with Crippen LogP contribution in [0.1, 0.15) is 25.5 Å². The van der Waals surface area contributed by atoms with Crippen molar-refractivity contribution in [3.05, 3.63) is 42.6 Å². The van der Waals surface area contributed by atoms with Crippen LogP contribution in [0.2, 0.25) is 0 Å². The minimum atomic E-state index is -0.749. The third-order valence-corrected chi connectivity index (χ3v) is 8.59. The Balaban J connectivity index is 1.84. The minimum absolute atomic E-state index is 0.222. The van der Waals surface area contributed by atoms with Crippen LogP contribution in [0, 0.1) is 5.92 Å². The van der Waals surface area contributed by atoms with Crippen LogP contribution in [0.25, 0.3) is 5.82 Å². The van der Waals surface area contributed by atoms with Gasteiger partial charge in [0, 0.05) is 0 Å². The zero-order valence-corrected chi connectivity index (χ0v) is 15.1. The van der Waals surface area contributed by atoms with Crippen LogP contribution in [-0.4, -0.2) is 36.1 Å². The molecule has 0 bridgehead atoms. The summed E-state index contributed by atoms with van der Waals surface area (Å²) in [5.41, 5.74) is 6.45. The van der Waals surface area contributed by atoms with Crippen LogP contribution >= 0.6 is 0 Å². The number of halogens is 1. The second kappa shape index (κ2) is 6.56. The molecule has 2 aromatic heterocycles. The Morgan fingerprint density at radius 1 is 1.52 bits per heavy atom. The number of imidazole rings is 1. The Morgan fingerprint density at radius 2 is 2.35 bits per heavy atom. The van der Waals surface area contributed by atoms with Crippen LogP contribution in [0.5, 0.6) is 0 Å². The first-order valence-corrected chi connectivity index (χ1v) is 9.98. The molecule has 7 heteroatoms. The van der Waals surface area contributed by atoms with Gasteiger partial charge in [-0.2, -0.15) is 0 Å². The Morgan fingerprint density at radius 3 is 2.96 bits per heavy atom. The van der Waals surface area contributed by atoms with Crippen LogP contribution in [0.15, 0.2) is 36.9 Å². The molecule has 23 heavy (non-hydrogen) atoms. The van der Waals surface area contributed by atoms with E-state index in [1.165, 1.54) is 0 Å². The summed E-state index contributed by atoms with van der Waals surface area (Å²) in [5.74, 6) is 0.405. The van der Waals surface area contributed by atoms with Gasteiger partial charge in [0.2, 0.25) is 0 Å². The maximum absolute atomic E-state index is 11.9. The molecule has 0 aromatic carbocycles. The first-order chi connectivity index (χ1) is 11.1. The van der Waals surface area contributed by atoms with E-state index in [1.807, 2.05) is 24.4 Å². The van der Waals surface area contributed by atoms with Gasteiger partial charge >= 0.3 is 145 Å². The van der Waals surface area contributed by atoms with E-state index in [4.69, 9.17) is 5.73 Å². The number of hydrogen-bond acceptors (Lipinski definition) is 4. The van der Waals surface area contributed by atoms with Gasteiger partial charge in [-0.05, 0) is 0 Å². The molecule has 3 heterocycles. The molecule has 6 nitrogen and oxygen atoms in total. The zero-order valence-electron chi connectivity index (χ0n) is 12.9. The summed E-state index contributed by atoms with van der Waals surface area (Å²) in [7, 11) is 0. The van der Waals surface area contributed by atoms with Crippen LogP contribution in [0.4, 0.5) is 0 Å². The molecular weight excluding hydrogens is 407 g/mol. The van der Waals surface area contributed by atoms with Gasteiger partial charge in [-0.15, -0.1) is 0 Å². The quantitative estimate of drug-likeness (QED) is 0.410. The molecule has 0 amide bonds. The van der Waals surface area contributed by atoms with Gasteiger partial charge < -0.3 is 0 Å². The van der Waals surface area contributed by atoms with Gasteiger partial charge in [0.25, 0.3) is 0 Å². The van der Waals surface area contributed by atoms with Crippen LogP contribution < -0.4 is 26.9 Å². The molecular formula is C16H20IN4O2-. The topological polar surface area (TPSA) is 94.0 Å². The molecule has 3 atom stereocenters. The molecule has 1 fully saturated rings. The van der Waals surface area contributed by atoms with Crippen molar-refractivity contribution in [3.63, 3.8) is 0 Å². The SMILES string of the molecule is CC[C@@H](CN)C[C@H]1[I-][C@]1(C(=O)O)c1cn(-c2ccccn2)cn1. The summed E-state index contributed by atoms with van der Waals surface area (Å²) in [6.07, 6.45) is 7.07. The van der Waals surface area contributed by atoms with Gasteiger partial charge in [-0.1, -0.05) is 0 Å². The first kappa shape index (κ1) is 16.4. The number of nitrogens with two attached hydrogens (primary N) is 1. The fourth-order valence-corrected chi connectivity index (χ4v) is 6.44. The average molecular weight is 427 g/mol. The van der Waals surface area contributed by atoms with Gasteiger partial charge in [-0.25, -0.2) is 0 Å².